The average Bonchev–Trinajstić information content (AvgIpc) is 2.51. The van der Waals surface area contributed by atoms with Crippen molar-refractivity contribution in [2.45, 2.75) is 13.8 Å². The standard InChI is InChI=1S/C8H12O3/c1-8(2)5(4-9)6(8)7(10)11-3/h4-6H,1-3H3/t5-,6+/m0/s1. The van der Waals surface area contributed by atoms with Crippen molar-refractivity contribution >= 4 is 12.3 Å². The predicted octanol–water partition coefficient (Wildman–Crippen LogP) is 0.630. The Morgan fingerprint density at radius 2 is 2.09 bits per heavy atom. The molecule has 0 amide bonds. The van der Waals surface area contributed by atoms with Crippen LogP contribution in [0.25, 0.3) is 0 Å². The Morgan fingerprint density at radius 1 is 1.55 bits per heavy atom. The highest BCUT2D eigenvalue weighted by Gasteiger charge is 2.62. The largest absolute Gasteiger partial charge is 0.469 e. The first-order valence-corrected chi connectivity index (χ1v) is 3.58. The second-order valence-electron chi connectivity index (χ2n) is 3.48. The molecule has 0 aromatic heterocycles. The van der Waals surface area contributed by atoms with Crippen LogP contribution in [0, 0.1) is 17.3 Å². The molecule has 0 aromatic carbocycles. The summed E-state index contributed by atoms with van der Waals surface area (Å²) < 4.78 is 4.54. The molecule has 0 radical (unpaired) electrons. The quantitative estimate of drug-likeness (QED) is 0.435. The Hall–Kier alpha value is -0.860. The number of aldehydes is 1. The van der Waals surface area contributed by atoms with Crippen molar-refractivity contribution in [3.63, 3.8) is 0 Å². The lowest BCUT2D eigenvalue weighted by atomic mass is 10.1. The minimum absolute atomic E-state index is 0.144. The van der Waals surface area contributed by atoms with E-state index in [-0.39, 0.29) is 23.2 Å². The second kappa shape index (κ2) is 2.32. The van der Waals surface area contributed by atoms with Crippen molar-refractivity contribution in [2.75, 3.05) is 7.11 Å². The van der Waals surface area contributed by atoms with E-state index in [2.05, 4.69) is 4.74 Å². The zero-order valence-electron chi connectivity index (χ0n) is 6.96. The molecule has 0 aliphatic heterocycles. The van der Waals surface area contributed by atoms with E-state index in [0.29, 0.717) is 0 Å². The third kappa shape index (κ3) is 1.04. The molecule has 0 heterocycles. The van der Waals surface area contributed by atoms with Gasteiger partial charge in [-0.1, -0.05) is 13.8 Å². The third-order valence-corrected chi connectivity index (χ3v) is 2.51. The zero-order valence-corrected chi connectivity index (χ0v) is 6.96. The van der Waals surface area contributed by atoms with Crippen LogP contribution in [0.3, 0.4) is 0 Å². The molecule has 1 saturated carbocycles. The van der Waals surface area contributed by atoms with Crippen molar-refractivity contribution in [3.8, 4) is 0 Å². The van der Waals surface area contributed by atoms with Gasteiger partial charge in [0.05, 0.1) is 13.0 Å². The predicted molar refractivity (Wildman–Crippen MR) is 38.8 cm³/mol. The van der Waals surface area contributed by atoms with Gasteiger partial charge in [0.1, 0.15) is 6.29 Å². The average molecular weight is 156 g/mol. The van der Waals surface area contributed by atoms with E-state index in [0.717, 1.165) is 6.29 Å². The Bertz CT molecular complexity index is 196. The normalized spacial score (nSPS) is 32.6. The van der Waals surface area contributed by atoms with Crippen molar-refractivity contribution in [1.82, 2.24) is 0 Å². The molecule has 0 aromatic rings. The van der Waals surface area contributed by atoms with Crippen LogP contribution in [0.2, 0.25) is 0 Å². The summed E-state index contributed by atoms with van der Waals surface area (Å²) in [6.45, 7) is 3.79. The van der Waals surface area contributed by atoms with Crippen LogP contribution in [0.1, 0.15) is 13.8 Å². The van der Waals surface area contributed by atoms with Gasteiger partial charge in [0, 0.05) is 5.92 Å². The van der Waals surface area contributed by atoms with E-state index in [1.807, 2.05) is 13.8 Å². The van der Waals surface area contributed by atoms with E-state index in [4.69, 9.17) is 0 Å². The first-order chi connectivity index (χ1) is 5.05. The van der Waals surface area contributed by atoms with Crippen molar-refractivity contribution < 1.29 is 14.3 Å². The molecular formula is C8H12O3. The van der Waals surface area contributed by atoms with E-state index in [1.54, 1.807) is 0 Å². The number of carbonyl (C=O) groups is 2. The third-order valence-electron chi connectivity index (χ3n) is 2.51. The molecule has 1 aliphatic rings. The number of ether oxygens (including phenoxy) is 1. The fourth-order valence-corrected chi connectivity index (χ4v) is 1.51. The van der Waals surface area contributed by atoms with Gasteiger partial charge in [-0.15, -0.1) is 0 Å². The molecule has 1 rings (SSSR count). The van der Waals surface area contributed by atoms with E-state index in [1.165, 1.54) is 7.11 Å². The maximum Gasteiger partial charge on any atom is 0.309 e. The molecule has 0 spiro atoms. The van der Waals surface area contributed by atoms with Gasteiger partial charge in [-0.2, -0.15) is 0 Å². The summed E-state index contributed by atoms with van der Waals surface area (Å²) in [5.74, 6) is -0.632. The first kappa shape index (κ1) is 8.24. The van der Waals surface area contributed by atoms with Gasteiger partial charge in [0.25, 0.3) is 0 Å². The molecule has 3 heteroatoms. The first-order valence-electron chi connectivity index (χ1n) is 3.58. The Labute approximate surface area is 65.7 Å². The molecule has 0 saturated heterocycles. The lowest BCUT2D eigenvalue weighted by molar-refractivity contribution is -0.143. The Kier molecular flexibility index (Phi) is 1.74. The number of methoxy groups -OCH3 is 1. The molecule has 11 heavy (non-hydrogen) atoms. The van der Waals surface area contributed by atoms with Crippen LogP contribution in [-0.2, 0) is 14.3 Å². The minimum Gasteiger partial charge on any atom is -0.469 e. The molecule has 1 aliphatic carbocycles. The van der Waals surface area contributed by atoms with Crippen LogP contribution >= 0.6 is 0 Å². The summed E-state index contributed by atoms with van der Waals surface area (Å²) in [6, 6.07) is 0. The number of esters is 1. The van der Waals surface area contributed by atoms with Gasteiger partial charge < -0.3 is 9.53 Å². The fourth-order valence-electron chi connectivity index (χ4n) is 1.51. The number of carbonyl (C=O) groups excluding carboxylic acids is 2. The SMILES string of the molecule is COC(=O)[C@H]1[C@H](C=O)C1(C)C. The van der Waals surface area contributed by atoms with Crippen molar-refractivity contribution in [1.29, 1.82) is 0 Å². The summed E-state index contributed by atoms with van der Waals surface area (Å²) in [5, 5.41) is 0. The van der Waals surface area contributed by atoms with E-state index in [9.17, 15) is 9.59 Å². The van der Waals surface area contributed by atoms with Gasteiger partial charge >= 0.3 is 5.97 Å². The summed E-state index contributed by atoms with van der Waals surface area (Å²) >= 11 is 0. The zero-order chi connectivity index (χ0) is 8.65. The lowest BCUT2D eigenvalue weighted by Crippen LogP contribution is -2.07. The second-order valence-corrected chi connectivity index (χ2v) is 3.48. The molecule has 0 N–H and O–H groups in total. The summed E-state index contributed by atoms with van der Waals surface area (Å²) in [4.78, 5) is 21.4. The monoisotopic (exact) mass is 156 g/mol. The molecule has 2 atom stereocenters. The molecule has 0 bridgehead atoms. The smallest absolute Gasteiger partial charge is 0.309 e. The highest BCUT2D eigenvalue weighted by molar-refractivity contribution is 5.84. The van der Waals surface area contributed by atoms with Crippen LogP contribution in [0.5, 0.6) is 0 Å². The van der Waals surface area contributed by atoms with Gasteiger partial charge in [-0.3, -0.25) is 4.79 Å². The van der Waals surface area contributed by atoms with E-state index < -0.39 is 0 Å². The molecular weight excluding hydrogens is 144 g/mol. The highest BCUT2D eigenvalue weighted by Crippen LogP contribution is 2.57. The molecule has 3 nitrogen and oxygen atoms in total. The van der Waals surface area contributed by atoms with Crippen LogP contribution in [0.15, 0.2) is 0 Å². The summed E-state index contributed by atoms with van der Waals surface area (Å²) in [5.41, 5.74) is -0.186. The minimum atomic E-state index is -0.271. The van der Waals surface area contributed by atoms with Gasteiger partial charge in [-0.25, -0.2) is 0 Å². The van der Waals surface area contributed by atoms with Crippen molar-refractivity contribution in [3.05, 3.63) is 0 Å². The maximum absolute atomic E-state index is 11.0. The fraction of sp³-hybridized carbons (Fsp3) is 0.750. The Morgan fingerprint density at radius 3 is 2.36 bits per heavy atom. The Balaban J connectivity index is 2.66. The summed E-state index contributed by atoms with van der Waals surface area (Å²) in [7, 11) is 1.35. The summed E-state index contributed by atoms with van der Waals surface area (Å²) in [6.07, 6.45) is 0.835. The molecule has 0 unspecified atom stereocenters. The van der Waals surface area contributed by atoms with E-state index >= 15 is 0 Å². The lowest BCUT2D eigenvalue weighted by Gasteiger charge is -1.98. The van der Waals surface area contributed by atoms with Crippen LogP contribution in [-0.4, -0.2) is 19.4 Å². The van der Waals surface area contributed by atoms with Gasteiger partial charge in [0.2, 0.25) is 0 Å². The number of hydrogen-bond donors (Lipinski definition) is 0. The number of hydrogen-bond acceptors (Lipinski definition) is 3. The van der Waals surface area contributed by atoms with Gasteiger partial charge in [0.15, 0.2) is 0 Å². The maximum atomic E-state index is 11.0. The van der Waals surface area contributed by atoms with Crippen LogP contribution in [0.4, 0.5) is 0 Å². The van der Waals surface area contributed by atoms with Crippen molar-refractivity contribution in [2.24, 2.45) is 17.3 Å². The number of rotatable bonds is 2. The van der Waals surface area contributed by atoms with Gasteiger partial charge in [-0.05, 0) is 5.41 Å². The highest BCUT2D eigenvalue weighted by atomic mass is 16.5. The molecule has 62 valence electrons. The van der Waals surface area contributed by atoms with Crippen LogP contribution < -0.4 is 0 Å². The topological polar surface area (TPSA) is 43.4 Å². The molecule has 1 fully saturated rings.